The molecule has 7 heteroatoms. The number of benzene rings is 2. The van der Waals surface area contributed by atoms with Crippen molar-refractivity contribution in [3.05, 3.63) is 64.7 Å². The molecule has 0 bridgehead atoms. The fourth-order valence-corrected chi connectivity index (χ4v) is 2.81. The molecular weight excluding hydrogens is 346 g/mol. The maximum Gasteiger partial charge on any atom is 0.236 e. The molecule has 0 unspecified atom stereocenters. The van der Waals surface area contributed by atoms with Crippen LogP contribution in [0.1, 0.15) is 11.1 Å². The van der Waals surface area contributed by atoms with E-state index in [1.54, 1.807) is 6.21 Å². The summed E-state index contributed by atoms with van der Waals surface area (Å²) >= 11 is 7.29. The largest absolute Gasteiger partial charge is 0.489 e. The molecule has 1 saturated heterocycles. The van der Waals surface area contributed by atoms with Crippen LogP contribution in [0.4, 0.5) is 0 Å². The van der Waals surface area contributed by atoms with Crippen molar-refractivity contribution in [2.24, 2.45) is 10.2 Å². The Labute approximate surface area is 148 Å². The van der Waals surface area contributed by atoms with Crippen LogP contribution in [0.5, 0.6) is 5.75 Å². The van der Waals surface area contributed by atoms with Gasteiger partial charge in [-0.15, -0.1) is 5.10 Å². The van der Waals surface area contributed by atoms with Gasteiger partial charge in [-0.1, -0.05) is 35.5 Å². The van der Waals surface area contributed by atoms with Crippen molar-refractivity contribution in [2.75, 3.05) is 5.75 Å². The van der Waals surface area contributed by atoms with E-state index in [2.05, 4.69) is 15.5 Å². The van der Waals surface area contributed by atoms with Gasteiger partial charge in [0.25, 0.3) is 0 Å². The zero-order valence-electron chi connectivity index (χ0n) is 12.6. The summed E-state index contributed by atoms with van der Waals surface area (Å²) < 4.78 is 5.72. The van der Waals surface area contributed by atoms with E-state index >= 15 is 0 Å². The van der Waals surface area contributed by atoms with E-state index in [1.165, 1.54) is 11.8 Å². The molecule has 3 rings (SSSR count). The van der Waals surface area contributed by atoms with Crippen LogP contribution in [0.15, 0.2) is 58.7 Å². The third-order valence-corrected chi connectivity index (χ3v) is 4.22. The second-order valence-corrected chi connectivity index (χ2v) is 6.37. The molecule has 122 valence electrons. The zero-order chi connectivity index (χ0) is 16.8. The van der Waals surface area contributed by atoms with Gasteiger partial charge in [-0.3, -0.25) is 4.79 Å². The van der Waals surface area contributed by atoms with Crippen molar-refractivity contribution in [3.8, 4) is 5.75 Å². The third-order valence-electron chi connectivity index (χ3n) is 3.12. The van der Waals surface area contributed by atoms with E-state index in [-0.39, 0.29) is 5.91 Å². The Morgan fingerprint density at radius 2 is 2.08 bits per heavy atom. The molecule has 1 aliphatic rings. The minimum atomic E-state index is -0.0462. The van der Waals surface area contributed by atoms with E-state index in [1.807, 2.05) is 48.5 Å². The molecule has 0 atom stereocenters. The lowest BCUT2D eigenvalue weighted by molar-refractivity contribution is -0.116. The molecule has 1 amide bonds. The van der Waals surface area contributed by atoms with Crippen LogP contribution in [0.25, 0.3) is 0 Å². The van der Waals surface area contributed by atoms with Gasteiger partial charge < -0.3 is 10.1 Å². The molecule has 1 fully saturated rings. The molecule has 2 aromatic rings. The predicted octanol–water partition coefficient (Wildman–Crippen LogP) is 3.47. The average Bonchev–Trinajstić information content (AvgIpc) is 3.00. The summed E-state index contributed by atoms with van der Waals surface area (Å²) in [5, 5.41) is 11.7. The second kappa shape index (κ2) is 7.99. The van der Waals surface area contributed by atoms with Crippen LogP contribution >= 0.6 is 23.4 Å². The van der Waals surface area contributed by atoms with Gasteiger partial charge in [-0.25, -0.2) is 0 Å². The number of hydrogen-bond donors (Lipinski definition) is 1. The molecule has 5 nitrogen and oxygen atoms in total. The number of rotatable bonds is 5. The fourth-order valence-electron chi connectivity index (χ4n) is 1.97. The summed E-state index contributed by atoms with van der Waals surface area (Å²) in [6, 6.07) is 15.1. The van der Waals surface area contributed by atoms with Gasteiger partial charge >= 0.3 is 0 Å². The summed E-state index contributed by atoms with van der Waals surface area (Å²) in [5.41, 5.74) is 1.91. The minimum Gasteiger partial charge on any atom is -0.489 e. The highest BCUT2D eigenvalue weighted by molar-refractivity contribution is 8.15. The van der Waals surface area contributed by atoms with Gasteiger partial charge in [0.2, 0.25) is 5.91 Å². The van der Waals surface area contributed by atoms with E-state index in [0.717, 1.165) is 16.9 Å². The SMILES string of the molecule is O=C1CSC(=NN=Cc2ccc(OCc3cccc(Cl)c3)cc2)N1. The number of nitrogens with one attached hydrogen (secondary N) is 1. The van der Waals surface area contributed by atoms with Gasteiger partial charge in [-0.05, 0) is 47.5 Å². The van der Waals surface area contributed by atoms with Crippen LogP contribution in [0.2, 0.25) is 5.02 Å². The molecular formula is C17H14ClN3O2S. The number of amidine groups is 1. The quantitative estimate of drug-likeness (QED) is 0.656. The second-order valence-electron chi connectivity index (χ2n) is 4.97. The summed E-state index contributed by atoms with van der Waals surface area (Å²) in [5.74, 6) is 1.11. The number of thioether (sulfide) groups is 1. The third kappa shape index (κ3) is 4.84. The van der Waals surface area contributed by atoms with Crippen LogP contribution in [-0.2, 0) is 11.4 Å². The number of carbonyl (C=O) groups excluding carboxylic acids is 1. The van der Waals surface area contributed by atoms with E-state index < -0.39 is 0 Å². The molecule has 0 aromatic heterocycles. The fraction of sp³-hybridized carbons (Fsp3) is 0.118. The van der Waals surface area contributed by atoms with Crippen LogP contribution in [-0.4, -0.2) is 23.0 Å². The lowest BCUT2D eigenvalue weighted by Gasteiger charge is -2.06. The van der Waals surface area contributed by atoms with Crippen molar-refractivity contribution >= 4 is 40.7 Å². The Bertz CT molecular complexity index is 791. The highest BCUT2D eigenvalue weighted by Crippen LogP contribution is 2.16. The predicted molar refractivity (Wildman–Crippen MR) is 97.9 cm³/mol. The number of ether oxygens (including phenoxy) is 1. The number of amides is 1. The van der Waals surface area contributed by atoms with Gasteiger partial charge in [0.15, 0.2) is 5.17 Å². The maximum atomic E-state index is 11.0. The molecule has 1 heterocycles. The first-order valence-electron chi connectivity index (χ1n) is 7.20. The number of hydrogen-bond acceptors (Lipinski definition) is 5. The molecule has 0 saturated carbocycles. The summed E-state index contributed by atoms with van der Waals surface area (Å²) in [6.07, 6.45) is 1.62. The Hall–Kier alpha value is -2.31. The Balaban J connectivity index is 1.54. The topological polar surface area (TPSA) is 63.0 Å². The van der Waals surface area contributed by atoms with Gasteiger partial charge in [0.05, 0.1) is 12.0 Å². The molecule has 1 N–H and O–H groups in total. The number of halogens is 1. The Morgan fingerprint density at radius 3 is 2.79 bits per heavy atom. The normalized spacial score (nSPS) is 15.9. The molecule has 24 heavy (non-hydrogen) atoms. The highest BCUT2D eigenvalue weighted by atomic mass is 35.5. The first-order chi connectivity index (χ1) is 11.7. The van der Waals surface area contributed by atoms with Crippen LogP contribution < -0.4 is 10.1 Å². The lowest BCUT2D eigenvalue weighted by Crippen LogP contribution is -2.19. The average molecular weight is 360 g/mol. The van der Waals surface area contributed by atoms with Crippen molar-refractivity contribution in [1.82, 2.24) is 5.32 Å². The van der Waals surface area contributed by atoms with Crippen molar-refractivity contribution < 1.29 is 9.53 Å². The van der Waals surface area contributed by atoms with Gasteiger partial charge in [0, 0.05) is 5.02 Å². The van der Waals surface area contributed by atoms with Crippen LogP contribution in [0.3, 0.4) is 0 Å². The Morgan fingerprint density at radius 1 is 1.25 bits per heavy atom. The molecule has 0 radical (unpaired) electrons. The molecule has 0 spiro atoms. The van der Waals surface area contributed by atoms with Crippen molar-refractivity contribution in [3.63, 3.8) is 0 Å². The zero-order valence-corrected chi connectivity index (χ0v) is 14.2. The van der Waals surface area contributed by atoms with Crippen LogP contribution in [0, 0.1) is 0 Å². The number of nitrogens with zero attached hydrogens (tertiary/aromatic N) is 2. The first kappa shape index (κ1) is 16.5. The Kier molecular flexibility index (Phi) is 5.51. The first-order valence-corrected chi connectivity index (χ1v) is 8.56. The van der Waals surface area contributed by atoms with Crippen molar-refractivity contribution in [1.29, 1.82) is 0 Å². The number of carbonyl (C=O) groups is 1. The summed E-state index contributed by atoms with van der Waals surface area (Å²) in [4.78, 5) is 11.0. The molecule has 2 aromatic carbocycles. The maximum absolute atomic E-state index is 11.0. The highest BCUT2D eigenvalue weighted by Gasteiger charge is 2.15. The standard InChI is InChI=1S/C17H14ClN3O2S/c18-14-3-1-2-13(8-14)10-23-15-6-4-12(5-7-15)9-19-21-17-20-16(22)11-24-17/h1-9H,10-11H2,(H,20,21,22). The molecule has 0 aliphatic carbocycles. The summed E-state index contributed by atoms with van der Waals surface area (Å²) in [6.45, 7) is 0.457. The lowest BCUT2D eigenvalue weighted by atomic mass is 10.2. The van der Waals surface area contributed by atoms with Gasteiger partial charge in [0.1, 0.15) is 12.4 Å². The van der Waals surface area contributed by atoms with E-state index in [0.29, 0.717) is 22.6 Å². The van der Waals surface area contributed by atoms with Crippen molar-refractivity contribution in [2.45, 2.75) is 6.61 Å². The minimum absolute atomic E-state index is 0.0462. The van der Waals surface area contributed by atoms with E-state index in [4.69, 9.17) is 16.3 Å². The van der Waals surface area contributed by atoms with Gasteiger partial charge in [-0.2, -0.15) is 5.10 Å². The summed E-state index contributed by atoms with van der Waals surface area (Å²) in [7, 11) is 0. The van der Waals surface area contributed by atoms with E-state index in [9.17, 15) is 4.79 Å². The molecule has 1 aliphatic heterocycles. The monoisotopic (exact) mass is 359 g/mol. The smallest absolute Gasteiger partial charge is 0.236 e.